The van der Waals surface area contributed by atoms with Crippen LogP contribution in [0.1, 0.15) is 12.8 Å². The highest BCUT2D eigenvalue weighted by molar-refractivity contribution is 7.87. The third-order valence-electron chi connectivity index (χ3n) is 3.37. The second-order valence-corrected chi connectivity index (χ2v) is 6.24. The summed E-state index contributed by atoms with van der Waals surface area (Å²) in [5.74, 6) is -0.555. The summed E-state index contributed by atoms with van der Waals surface area (Å²) in [5, 5.41) is 0. The van der Waals surface area contributed by atoms with Gasteiger partial charge in [0.15, 0.2) is 5.79 Å². The summed E-state index contributed by atoms with van der Waals surface area (Å²) in [6.07, 6.45) is 5.32. The zero-order chi connectivity index (χ0) is 12.6. The predicted molar refractivity (Wildman–Crippen MR) is 62.0 cm³/mol. The Morgan fingerprint density at radius 1 is 1.17 bits per heavy atom. The zero-order valence-electron chi connectivity index (χ0n) is 9.86. The van der Waals surface area contributed by atoms with E-state index in [1.165, 1.54) is 23.0 Å². The summed E-state index contributed by atoms with van der Waals surface area (Å²) >= 11 is 0. The van der Waals surface area contributed by atoms with Crippen LogP contribution < -0.4 is 0 Å². The maximum absolute atomic E-state index is 12.2. The van der Waals surface area contributed by atoms with Crippen LogP contribution in [-0.2, 0) is 19.7 Å². The van der Waals surface area contributed by atoms with E-state index >= 15 is 0 Å². The molecule has 2 fully saturated rings. The van der Waals surface area contributed by atoms with Crippen LogP contribution in [0.25, 0.3) is 0 Å². The standard InChI is InChI=1S/C10H15N3O4S/c14-18(15,13-6-3-11-9-13)12-4-1-10(2-5-12)16-7-8-17-10/h3,6,9H,1-2,4-5,7-8H2. The van der Waals surface area contributed by atoms with E-state index < -0.39 is 16.0 Å². The van der Waals surface area contributed by atoms with Gasteiger partial charge in [0.05, 0.1) is 13.2 Å². The highest BCUT2D eigenvalue weighted by Crippen LogP contribution is 2.32. The molecule has 0 atom stereocenters. The van der Waals surface area contributed by atoms with Crippen molar-refractivity contribution in [1.82, 2.24) is 13.3 Å². The largest absolute Gasteiger partial charge is 0.347 e. The van der Waals surface area contributed by atoms with Gasteiger partial charge in [-0.1, -0.05) is 0 Å². The quantitative estimate of drug-likeness (QED) is 0.747. The fourth-order valence-electron chi connectivity index (χ4n) is 2.36. The van der Waals surface area contributed by atoms with Crippen LogP contribution in [0.15, 0.2) is 18.7 Å². The van der Waals surface area contributed by atoms with Crippen LogP contribution in [-0.4, -0.2) is 53.8 Å². The van der Waals surface area contributed by atoms with Crippen molar-refractivity contribution in [2.24, 2.45) is 0 Å². The van der Waals surface area contributed by atoms with Gasteiger partial charge < -0.3 is 9.47 Å². The summed E-state index contributed by atoms with van der Waals surface area (Å²) in [6, 6.07) is 0. The maximum atomic E-state index is 12.2. The number of piperidine rings is 1. The smallest absolute Gasteiger partial charge is 0.308 e. The van der Waals surface area contributed by atoms with E-state index in [4.69, 9.17) is 9.47 Å². The Labute approximate surface area is 105 Å². The molecule has 1 aromatic heterocycles. The molecule has 0 saturated carbocycles. The maximum Gasteiger partial charge on any atom is 0.308 e. The lowest BCUT2D eigenvalue weighted by molar-refractivity contribution is -0.179. The molecule has 3 heterocycles. The van der Waals surface area contributed by atoms with E-state index in [1.54, 1.807) is 0 Å². The molecular formula is C10H15N3O4S. The third kappa shape index (κ3) is 1.95. The first kappa shape index (κ1) is 12.1. The minimum absolute atomic E-state index is 0.403. The first-order valence-corrected chi connectivity index (χ1v) is 7.29. The van der Waals surface area contributed by atoms with Crippen molar-refractivity contribution in [3.63, 3.8) is 0 Å². The summed E-state index contributed by atoms with van der Waals surface area (Å²) in [5.41, 5.74) is 0. The molecule has 1 aromatic rings. The lowest BCUT2D eigenvalue weighted by atomic mass is 10.1. The molecule has 0 N–H and O–H groups in total. The average Bonchev–Trinajstić information content (AvgIpc) is 3.01. The molecule has 100 valence electrons. The highest BCUT2D eigenvalue weighted by Gasteiger charge is 2.42. The van der Waals surface area contributed by atoms with Crippen molar-refractivity contribution >= 4 is 10.2 Å². The molecule has 2 aliphatic rings. The van der Waals surface area contributed by atoms with E-state index in [9.17, 15) is 8.42 Å². The van der Waals surface area contributed by atoms with E-state index in [1.807, 2.05) is 0 Å². The normalized spacial score (nSPS) is 24.7. The van der Waals surface area contributed by atoms with Crippen LogP contribution in [0.3, 0.4) is 0 Å². The molecule has 2 saturated heterocycles. The molecule has 3 rings (SSSR count). The molecule has 0 bridgehead atoms. The number of ether oxygens (including phenoxy) is 2. The molecule has 18 heavy (non-hydrogen) atoms. The minimum Gasteiger partial charge on any atom is -0.347 e. The molecule has 8 heteroatoms. The number of hydrogen-bond donors (Lipinski definition) is 0. The van der Waals surface area contributed by atoms with Crippen molar-refractivity contribution in [1.29, 1.82) is 0 Å². The fraction of sp³-hybridized carbons (Fsp3) is 0.700. The van der Waals surface area contributed by atoms with Crippen LogP contribution in [0, 0.1) is 0 Å². The number of rotatable bonds is 2. The summed E-state index contributed by atoms with van der Waals surface area (Å²) < 4.78 is 38.1. The van der Waals surface area contributed by atoms with Gasteiger partial charge in [-0.05, 0) is 0 Å². The molecule has 1 spiro atoms. The minimum atomic E-state index is -3.49. The van der Waals surface area contributed by atoms with Gasteiger partial charge in [0, 0.05) is 38.3 Å². The van der Waals surface area contributed by atoms with Gasteiger partial charge in [-0.15, -0.1) is 0 Å². The molecule has 0 aromatic carbocycles. The number of hydrogen-bond acceptors (Lipinski definition) is 5. The second-order valence-electron chi connectivity index (χ2n) is 4.41. The van der Waals surface area contributed by atoms with Crippen LogP contribution in [0.2, 0.25) is 0 Å². The van der Waals surface area contributed by atoms with E-state index in [-0.39, 0.29) is 0 Å². The molecule has 0 amide bonds. The lowest BCUT2D eigenvalue weighted by Crippen LogP contribution is -2.48. The first-order chi connectivity index (χ1) is 8.62. The molecule has 2 aliphatic heterocycles. The lowest BCUT2D eigenvalue weighted by Gasteiger charge is -2.36. The number of nitrogens with zero attached hydrogens (tertiary/aromatic N) is 3. The predicted octanol–water partition coefficient (Wildman–Crippen LogP) is -0.185. The third-order valence-corrected chi connectivity index (χ3v) is 5.14. The molecule has 0 aliphatic carbocycles. The van der Waals surface area contributed by atoms with Crippen molar-refractivity contribution in [2.45, 2.75) is 18.6 Å². The van der Waals surface area contributed by atoms with Gasteiger partial charge >= 0.3 is 10.2 Å². The number of imidazole rings is 1. The Kier molecular flexibility index (Phi) is 2.89. The average molecular weight is 273 g/mol. The number of aromatic nitrogens is 2. The fourth-order valence-corrected chi connectivity index (χ4v) is 3.65. The molecule has 0 radical (unpaired) electrons. The van der Waals surface area contributed by atoms with Gasteiger partial charge in [-0.3, -0.25) is 0 Å². The topological polar surface area (TPSA) is 73.7 Å². The van der Waals surface area contributed by atoms with Gasteiger partial charge in [0.1, 0.15) is 6.33 Å². The summed E-state index contributed by atoms with van der Waals surface area (Å²) in [7, 11) is -3.49. The van der Waals surface area contributed by atoms with Crippen molar-refractivity contribution in [3.8, 4) is 0 Å². The summed E-state index contributed by atoms with van der Waals surface area (Å²) in [4.78, 5) is 3.76. The first-order valence-electron chi connectivity index (χ1n) is 5.89. The molecular weight excluding hydrogens is 258 g/mol. The zero-order valence-corrected chi connectivity index (χ0v) is 10.7. The van der Waals surface area contributed by atoms with E-state index in [0.717, 1.165) is 3.97 Å². The van der Waals surface area contributed by atoms with Crippen molar-refractivity contribution in [2.75, 3.05) is 26.3 Å². The van der Waals surface area contributed by atoms with Crippen LogP contribution in [0.4, 0.5) is 0 Å². The highest BCUT2D eigenvalue weighted by atomic mass is 32.2. The SMILES string of the molecule is O=S(=O)(N1CCC2(CC1)OCCO2)n1ccnc1. The van der Waals surface area contributed by atoms with Crippen LogP contribution in [0.5, 0.6) is 0 Å². The molecule has 0 unspecified atom stereocenters. The second kappa shape index (κ2) is 4.30. The van der Waals surface area contributed by atoms with Gasteiger partial charge in [0.2, 0.25) is 0 Å². The Morgan fingerprint density at radius 3 is 2.39 bits per heavy atom. The molecule has 7 nitrogen and oxygen atoms in total. The Bertz CT molecular complexity index is 497. The van der Waals surface area contributed by atoms with E-state index in [2.05, 4.69) is 4.98 Å². The van der Waals surface area contributed by atoms with Gasteiger partial charge in [-0.25, -0.2) is 8.96 Å². The van der Waals surface area contributed by atoms with E-state index in [0.29, 0.717) is 39.1 Å². The summed E-state index contributed by atoms with van der Waals surface area (Å²) in [6.45, 7) is 1.99. The Hall–Kier alpha value is -0.960. The van der Waals surface area contributed by atoms with Gasteiger partial charge in [-0.2, -0.15) is 12.7 Å². The Balaban J connectivity index is 1.73. The van der Waals surface area contributed by atoms with Crippen molar-refractivity contribution in [3.05, 3.63) is 18.7 Å². The Morgan fingerprint density at radius 2 is 1.83 bits per heavy atom. The van der Waals surface area contributed by atoms with Crippen LogP contribution >= 0.6 is 0 Å². The van der Waals surface area contributed by atoms with Gasteiger partial charge in [0.25, 0.3) is 0 Å². The monoisotopic (exact) mass is 273 g/mol. The van der Waals surface area contributed by atoms with Crippen molar-refractivity contribution < 1.29 is 17.9 Å².